The molecule has 1 unspecified atom stereocenters. The van der Waals surface area contributed by atoms with Crippen LogP contribution in [0.5, 0.6) is 0 Å². The highest BCUT2D eigenvalue weighted by molar-refractivity contribution is 5.52. The van der Waals surface area contributed by atoms with Crippen LogP contribution in [0.15, 0.2) is 18.2 Å². The molecule has 0 spiro atoms. The van der Waals surface area contributed by atoms with Crippen LogP contribution < -0.4 is 4.90 Å². The van der Waals surface area contributed by atoms with Crippen molar-refractivity contribution in [3.8, 4) is 0 Å². The van der Waals surface area contributed by atoms with Gasteiger partial charge in [0.1, 0.15) is 0 Å². The Kier molecular flexibility index (Phi) is 3.71. The minimum absolute atomic E-state index is 0.0169. The topological polar surface area (TPSA) is 6.48 Å². The molecule has 19 heavy (non-hydrogen) atoms. The van der Waals surface area contributed by atoms with Gasteiger partial charge in [-0.1, -0.05) is 6.07 Å². The van der Waals surface area contributed by atoms with Gasteiger partial charge in [0, 0.05) is 25.7 Å². The Labute approximate surface area is 109 Å². The van der Waals surface area contributed by atoms with E-state index in [1.807, 2.05) is 14.0 Å². The highest BCUT2D eigenvalue weighted by Crippen LogP contribution is 2.35. The zero-order chi connectivity index (χ0) is 14.2. The minimum atomic E-state index is -4.66. The first-order chi connectivity index (χ1) is 8.80. The Morgan fingerprint density at radius 1 is 1.21 bits per heavy atom. The van der Waals surface area contributed by atoms with Crippen LogP contribution in [0.4, 0.5) is 23.2 Å². The van der Waals surface area contributed by atoms with Gasteiger partial charge in [0.2, 0.25) is 0 Å². The van der Waals surface area contributed by atoms with E-state index in [0.717, 1.165) is 6.07 Å². The summed E-state index contributed by atoms with van der Waals surface area (Å²) in [6.45, 7) is 3.82. The summed E-state index contributed by atoms with van der Waals surface area (Å²) in [4.78, 5) is 3.78. The molecule has 106 valence electrons. The molecule has 1 heterocycles. The maximum Gasteiger partial charge on any atom is 0.419 e. The van der Waals surface area contributed by atoms with Gasteiger partial charge < -0.3 is 9.80 Å². The zero-order valence-corrected chi connectivity index (χ0v) is 10.8. The van der Waals surface area contributed by atoms with Crippen molar-refractivity contribution in [2.45, 2.75) is 19.1 Å². The molecule has 1 aromatic rings. The largest absolute Gasteiger partial charge is 0.419 e. The third kappa shape index (κ3) is 2.83. The number of piperazine rings is 1. The van der Waals surface area contributed by atoms with Crippen molar-refractivity contribution >= 4 is 5.69 Å². The molecule has 0 aromatic heterocycles. The van der Waals surface area contributed by atoms with Gasteiger partial charge in [0.25, 0.3) is 0 Å². The van der Waals surface area contributed by atoms with Crippen molar-refractivity contribution in [3.05, 3.63) is 29.6 Å². The molecular weight excluding hydrogens is 260 g/mol. The summed E-state index contributed by atoms with van der Waals surface area (Å²) in [6, 6.07) is 3.43. The number of rotatable bonds is 1. The predicted octanol–water partition coefficient (Wildman–Crippen LogP) is 2.98. The predicted molar refractivity (Wildman–Crippen MR) is 65.7 cm³/mol. The van der Waals surface area contributed by atoms with Crippen LogP contribution in [0.1, 0.15) is 12.5 Å². The molecule has 1 aliphatic rings. The Hall–Kier alpha value is -1.30. The van der Waals surface area contributed by atoms with Gasteiger partial charge in [-0.25, -0.2) is 4.39 Å². The fourth-order valence-corrected chi connectivity index (χ4v) is 2.46. The van der Waals surface area contributed by atoms with E-state index in [0.29, 0.717) is 19.6 Å². The van der Waals surface area contributed by atoms with Crippen LogP contribution in [0.3, 0.4) is 0 Å². The molecule has 1 saturated heterocycles. The van der Waals surface area contributed by atoms with E-state index in [2.05, 4.69) is 4.90 Å². The van der Waals surface area contributed by atoms with Gasteiger partial charge >= 0.3 is 6.18 Å². The number of hydrogen-bond donors (Lipinski definition) is 0. The molecular formula is C13H16F4N2. The van der Waals surface area contributed by atoms with E-state index in [4.69, 9.17) is 0 Å². The standard InChI is InChI=1S/C13H16F4N2/c1-9-8-18(2)6-7-19(9)11-5-3-4-10(12(11)14)13(15,16)17/h3-5,9H,6-8H2,1-2H3. The Balaban J connectivity index is 2.36. The van der Waals surface area contributed by atoms with E-state index in [-0.39, 0.29) is 11.7 Å². The number of anilines is 1. The molecule has 0 saturated carbocycles. The molecule has 0 aliphatic carbocycles. The second-order valence-electron chi connectivity index (χ2n) is 4.94. The second kappa shape index (κ2) is 5.00. The average Bonchev–Trinajstić information content (AvgIpc) is 2.28. The van der Waals surface area contributed by atoms with Crippen molar-refractivity contribution in [1.29, 1.82) is 0 Å². The lowest BCUT2D eigenvalue weighted by Gasteiger charge is -2.40. The first-order valence-electron chi connectivity index (χ1n) is 6.11. The lowest BCUT2D eigenvalue weighted by molar-refractivity contribution is -0.139. The molecule has 0 bridgehead atoms. The first-order valence-corrected chi connectivity index (χ1v) is 6.11. The number of benzene rings is 1. The summed E-state index contributed by atoms with van der Waals surface area (Å²) in [5.41, 5.74) is -1.16. The Morgan fingerprint density at radius 3 is 2.47 bits per heavy atom. The third-order valence-electron chi connectivity index (χ3n) is 3.42. The van der Waals surface area contributed by atoms with Crippen LogP contribution in [0.2, 0.25) is 0 Å². The number of halogens is 4. The van der Waals surface area contributed by atoms with E-state index in [1.54, 1.807) is 4.90 Å². The average molecular weight is 276 g/mol. The number of likely N-dealkylation sites (N-methyl/N-ethyl adjacent to an activating group) is 1. The highest BCUT2D eigenvalue weighted by atomic mass is 19.4. The van der Waals surface area contributed by atoms with Gasteiger partial charge in [-0.3, -0.25) is 0 Å². The maximum atomic E-state index is 14.0. The molecule has 1 atom stereocenters. The fourth-order valence-electron chi connectivity index (χ4n) is 2.46. The third-order valence-corrected chi connectivity index (χ3v) is 3.42. The molecule has 0 amide bonds. The van der Waals surface area contributed by atoms with Crippen molar-refractivity contribution in [2.24, 2.45) is 0 Å². The Morgan fingerprint density at radius 2 is 1.89 bits per heavy atom. The lowest BCUT2D eigenvalue weighted by Crippen LogP contribution is -2.50. The lowest BCUT2D eigenvalue weighted by atomic mass is 10.1. The molecule has 1 fully saturated rings. The van der Waals surface area contributed by atoms with E-state index < -0.39 is 17.6 Å². The molecule has 2 rings (SSSR count). The van der Waals surface area contributed by atoms with Crippen LogP contribution in [0.25, 0.3) is 0 Å². The van der Waals surface area contributed by atoms with Crippen molar-refractivity contribution in [1.82, 2.24) is 4.90 Å². The van der Waals surface area contributed by atoms with Gasteiger partial charge in [0.15, 0.2) is 5.82 Å². The normalized spacial score (nSPS) is 21.8. The Bertz CT molecular complexity index is 458. The smallest absolute Gasteiger partial charge is 0.364 e. The summed E-state index contributed by atoms with van der Waals surface area (Å²) in [5.74, 6) is -1.17. The molecule has 0 N–H and O–H groups in total. The van der Waals surface area contributed by atoms with Gasteiger partial charge in [0.05, 0.1) is 11.3 Å². The summed E-state index contributed by atoms with van der Waals surface area (Å²) < 4.78 is 52.1. The molecule has 1 aliphatic heterocycles. The van der Waals surface area contributed by atoms with Crippen LogP contribution in [0, 0.1) is 5.82 Å². The van der Waals surface area contributed by atoms with Crippen molar-refractivity contribution in [3.63, 3.8) is 0 Å². The van der Waals surface area contributed by atoms with E-state index in [9.17, 15) is 17.6 Å². The maximum absolute atomic E-state index is 14.0. The van der Waals surface area contributed by atoms with Gasteiger partial charge in [-0.05, 0) is 26.1 Å². The molecule has 6 heteroatoms. The molecule has 2 nitrogen and oxygen atoms in total. The number of nitrogens with zero attached hydrogens (tertiary/aromatic N) is 2. The van der Waals surface area contributed by atoms with Crippen molar-refractivity contribution < 1.29 is 17.6 Å². The van der Waals surface area contributed by atoms with Crippen LogP contribution in [-0.4, -0.2) is 37.6 Å². The summed E-state index contributed by atoms with van der Waals surface area (Å²) in [5, 5.41) is 0. The minimum Gasteiger partial charge on any atom is -0.364 e. The number of hydrogen-bond acceptors (Lipinski definition) is 2. The SMILES string of the molecule is CC1CN(C)CCN1c1cccc(C(F)(F)F)c1F. The second-order valence-corrected chi connectivity index (χ2v) is 4.94. The summed E-state index contributed by atoms with van der Waals surface area (Å²) in [6.07, 6.45) is -4.66. The van der Waals surface area contributed by atoms with E-state index >= 15 is 0 Å². The van der Waals surface area contributed by atoms with Crippen LogP contribution in [-0.2, 0) is 6.18 Å². The molecule has 0 radical (unpaired) electrons. The quantitative estimate of drug-likeness (QED) is 0.728. The monoisotopic (exact) mass is 276 g/mol. The molecule has 1 aromatic carbocycles. The van der Waals surface area contributed by atoms with Gasteiger partial charge in [-0.15, -0.1) is 0 Å². The fraction of sp³-hybridized carbons (Fsp3) is 0.538. The van der Waals surface area contributed by atoms with Crippen LogP contribution >= 0.6 is 0 Å². The number of alkyl halides is 3. The summed E-state index contributed by atoms with van der Waals surface area (Å²) in [7, 11) is 1.94. The van der Waals surface area contributed by atoms with Crippen molar-refractivity contribution in [2.75, 3.05) is 31.6 Å². The highest BCUT2D eigenvalue weighted by Gasteiger charge is 2.36. The van der Waals surface area contributed by atoms with E-state index in [1.165, 1.54) is 12.1 Å². The first kappa shape index (κ1) is 14.1. The van der Waals surface area contributed by atoms with Gasteiger partial charge in [-0.2, -0.15) is 13.2 Å². The zero-order valence-electron chi connectivity index (χ0n) is 10.8. The summed E-state index contributed by atoms with van der Waals surface area (Å²) >= 11 is 0.